The fourth-order valence-electron chi connectivity index (χ4n) is 2.94. The number of ether oxygens (including phenoxy) is 1. The van der Waals surface area contributed by atoms with Gasteiger partial charge in [-0.05, 0) is 35.2 Å². The van der Waals surface area contributed by atoms with Crippen molar-refractivity contribution in [3.8, 4) is 17.2 Å². The van der Waals surface area contributed by atoms with Crippen LogP contribution in [0.25, 0.3) is 0 Å². The van der Waals surface area contributed by atoms with Gasteiger partial charge in [0.05, 0.1) is 7.11 Å². The first kappa shape index (κ1) is 18.6. The van der Waals surface area contributed by atoms with E-state index in [1.807, 2.05) is 38.1 Å². The molecule has 2 aromatic rings. The van der Waals surface area contributed by atoms with Crippen molar-refractivity contribution >= 4 is 17.9 Å². The second kappa shape index (κ2) is 7.57. The van der Waals surface area contributed by atoms with Crippen LogP contribution in [0.4, 0.5) is 5.69 Å². The summed E-state index contributed by atoms with van der Waals surface area (Å²) >= 11 is 0. The number of carbonyl (C=O) groups is 1. The highest BCUT2D eigenvalue weighted by atomic mass is 16.5. The minimum Gasteiger partial charge on any atom is -0.508 e. The van der Waals surface area contributed by atoms with Crippen molar-refractivity contribution < 1.29 is 19.7 Å². The maximum absolute atomic E-state index is 12.6. The zero-order valence-electron chi connectivity index (χ0n) is 15.6. The second-order valence-electron chi connectivity index (χ2n) is 6.74. The van der Waals surface area contributed by atoms with E-state index in [0.29, 0.717) is 12.1 Å². The predicted molar refractivity (Wildman–Crippen MR) is 103 cm³/mol. The van der Waals surface area contributed by atoms with Crippen LogP contribution in [0, 0.1) is 0 Å². The number of amides is 1. The average molecular weight is 369 g/mol. The molecule has 0 fully saturated rings. The van der Waals surface area contributed by atoms with Gasteiger partial charge in [-0.3, -0.25) is 4.79 Å². The predicted octanol–water partition coefficient (Wildman–Crippen LogP) is 3.02. The molecule has 2 N–H and O–H groups in total. The quantitative estimate of drug-likeness (QED) is 0.846. The van der Waals surface area contributed by atoms with Gasteiger partial charge in [0.1, 0.15) is 35.8 Å². The van der Waals surface area contributed by atoms with Crippen molar-refractivity contribution in [3.63, 3.8) is 0 Å². The SMILES string of the molecule is COc1ccc(CN2C=NN(c3cc(C(C)C)c(O)cc3O)C(=O)C2)cc1. The highest BCUT2D eigenvalue weighted by molar-refractivity contribution is 5.99. The topological polar surface area (TPSA) is 85.6 Å². The highest BCUT2D eigenvalue weighted by Crippen LogP contribution is 2.38. The Labute approximate surface area is 158 Å². The van der Waals surface area contributed by atoms with Crippen molar-refractivity contribution in [1.82, 2.24) is 4.90 Å². The molecule has 1 amide bonds. The van der Waals surface area contributed by atoms with Gasteiger partial charge in [-0.1, -0.05) is 26.0 Å². The van der Waals surface area contributed by atoms with Gasteiger partial charge in [0.2, 0.25) is 0 Å². The zero-order valence-corrected chi connectivity index (χ0v) is 15.6. The number of aromatic hydroxyl groups is 2. The maximum atomic E-state index is 12.6. The van der Waals surface area contributed by atoms with Gasteiger partial charge in [-0.25, -0.2) is 0 Å². The molecule has 7 heteroatoms. The molecule has 0 aliphatic carbocycles. The van der Waals surface area contributed by atoms with Gasteiger partial charge in [-0.15, -0.1) is 0 Å². The smallest absolute Gasteiger partial charge is 0.267 e. The molecule has 0 saturated carbocycles. The number of carbonyl (C=O) groups excluding carboxylic acids is 1. The molecule has 0 unspecified atom stereocenters. The van der Waals surface area contributed by atoms with Crippen LogP contribution >= 0.6 is 0 Å². The standard InChI is InChI=1S/C20H23N3O4/c1-13(2)16-8-17(19(25)9-18(16)24)23-20(26)11-22(12-21-23)10-14-4-6-15(27-3)7-5-14/h4-9,12-13,24-25H,10-11H2,1-3H3. The summed E-state index contributed by atoms with van der Waals surface area (Å²) in [6.45, 7) is 4.51. The summed E-state index contributed by atoms with van der Waals surface area (Å²) in [6, 6.07) is 10.5. The number of phenolic OH excluding ortho intramolecular Hbond substituents is 2. The van der Waals surface area contributed by atoms with Crippen LogP contribution < -0.4 is 9.75 Å². The normalized spacial score (nSPS) is 14.1. The van der Waals surface area contributed by atoms with Crippen molar-refractivity contribution in [3.05, 3.63) is 47.5 Å². The number of methoxy groups -OCH3 is 1. The van der Waals surface area contributed by atoms with Crippen molar-refractivity contribution in [2.45, 2.75) is 26.3 Å². The van der Waals surface area contributed by atoms with Crippen LogP contribution in [-0.4, -0.2) is 41.0 Å². The lowest BCUT2D eigenvalue weighted by Gasteiger charge is -2.29. The molecule has 1 heterocycles. The largest absolute Gasteiger partial charge is 0.508 e. The van der Waals surface area contributed by atoms with Crippen molar-refractivity contribution in [2.24, 2.45) is 5.10 Å². The molecule has 7 nitrogen and oxygen atoms in total. The first-order chi connectivity index (χ1) is 12.9. The number of hydrogen-bond acceptors (Lipinski definition) is 6. The third kappa shape index (κ3) is 3.97. The number of hydrogen-bond donors (Lipinski definition) is 2. The van der Waals surface area contributed by atoms with E-state index in [-0.39, 0.29) is 35.6 Å². The molecule has 27 heavy (non-hydrogen) atoms. The Morgan fingerprint density at radius 2 is 1.85 bits per heavy atom. The third-order valence-electron chi connectivity index (χ3n) is 4.42. The van der Waals surface area contributed by atoms with Gasteiger partial charge in [0.25, 0.3) is 5.91 Å². The van der Waals surface area contributed by atoms with Crippen molar-refractivity contribution in [2.75, 3.05) is 18.7 Å². The second-order valence-corrected chi connectivity index (χ2v) is 6.74. The first-order valence-corrected chi connectivity index (χ1v) is 8.69. The molecule has 0 bridgehead atoms. The molecular weight excluding hydrogens is 346 g/mol. The Bertz CT molecular complexity index is 862. The summed E-state index contributed by atoms with van der Waals surface area (Å²) in [6.07, 6.45) is 1.58. The third-order valence-corrected chi connectivity index (χ3v) is 4.42. The lowest BCUT2D eigenvalue weighted by atomic mass is 10.0. The van der Waals surface area contributed by atoms with E-state index in [9.17, 15) is 15.0 Å². The van der Waals surface area contributed by atoms with E-state index in [2.05, 4.69) is 5.10 Å². The van der Waals surface area contributed by atoms with E-state index >= 15 is 0 Å². The molecular formula is C20H23N3O4. The fourth-order valence-corrected chi connectivity index (χ4v) is 2.94. The van der Waals surface area contributed by atoms with Gasteiger partial charge in [0, 0.05) is 12.6 Å². The van der Waals surface area contributed by atoms with Gasteiger partial charge >= 0.3 is 0 Å². The molecule has 0 radical (unpaired) electrons. The van der Waals surface area contributed by atoms with Crippen LogP contribution in [0.5, 0.6) is 17.2 Å². The summed E-state index contributed by atoms with van der Waals surface area (Å²) in [7, 11) is 1.61. The molecule has 0 spiro atoms. The summed E-state index contributed by atoms with van der Waals surface area (Å²) in [5.74, 6) is 0.366. The Morgan fingerprint density at radius 1 is 1.15 bits per heavy atom. The van der Waals surface area contributed by atoms with Gasteiger partial charge in [0.15, 0.2) is 0 Å². The zero-order chi connectivity index (χ0) is 19.6. The molecule has 0 saturated heterocycles. The number of rotatable bonds is 5. The Balaban J connectivity index is 1.79. The van der Waals surface area contributed by atoms with E-state index in [0.717, 1.165) is 11.3 Å². The fraction of sp³-hybridized carbons (Fsp3) is 0.300. The van der Waals surface area contributed by atoms with Crippen LogP contribution in [0.3, 0.4) is 0 Å². The summed E-state index contributed by atoms with van der Waals surface area (Å²) in [5, 5.41) is 25.5. The van der Waals surface area contributed by atoms with E-state index in [4.69, 9.17) is 4.74 Å². The molecule has 1 aliphatic heterocycles. The highest BCUT2D eigenvalue weighted by Gasteiger charge is 2.25. The Hall–Kier alpha value is -3.22. The first-order valence-electron chi connectivity index (χ1n) is 8.69. The Kier molecular flexibility index (Phi) is 5.21. The molecule has 0 aromatic heterocycles. The number of benzene rings is 2. The van der Waals surface area contributed by atoms with Crippen LogP contribution in [0.1, 0.15) is 30.9 Å². The lowest BCUT2D eigenvalue weighted by molar-refractivity contribution is -0.119. The van der Waals surface area contributed by atoms with E-state index in [1.165, 1.54) is 11.1 Å². The monoisotopic (exact) mass is 369 g/mol. The number of anilines is 1. The van der Waals surface area contributed by atoms with Crippen LogP contribution in [0.15, 0.2) is 41.5 Å². The summed E-state index contributed by atoms with van der Waals surface area (Å²) < 4.78 is 5.14. The number of phenols is 2. The minimum atomic E-state index is -0.262. The lowest BCUT2D eigenvalue weighted by Crippen LogP contribution is -2.42. The van der Waals surface area contributed by atoms with E-state index < -0.39 is 0 Å². The number of hydrazone groups is 1. The number of nitrogens with zero attached hydrogens (tertiary/aromatic N) is 3. The van der Waals surface area contributed by atoms with Crippen LogP contribution in [-0.2, 0) is 11.3 Å². The molecule has 2 aromatic carbocycles. The van der Waals surface area contributed by atoms with Gasteiger partial charge in [-0.2, -0.15) is 10.1 Å². The van der Waals surface area contributed by atoms with Crippen molar-refractivity contribution in [1.29, 1.82) is 0 Å². The molecule has 0 atom stereocenters. The molecule has 3 rings (SSSR count). The van der Waals surface area contributed by atoms with Gasteiger partial charge < -0.3 is 19.8 Å². The van der Waals surface area contributed by atoms with E-state index in [1.54, 1.807) is 24.4 Å². The molecule has 142 valence electrons. The Morgan fingerprint density at radius 3 is 2.44 bits per heavy atom. The van der Waals surface area contributed by atoms with Crippen LogP contribution in [0.2, 0.25) is 0 Å². The minimum absolute atomic E-state index is 0.000760. The summed E-state index contributed by atoms with van der Waals surface area (Å²) in [5.41, 5.74) is 1.94. The molecule has 1 aliphatic rings. The maximum Gasteiger partial charge on any atom is 0.267 e. The average Bonchev–Trinajstić information content (AvgIpc) is 2.63. The summed E-state index contributed by atoms with van der Waals surface area (Å²) in [4.78, 5) is 14.4.